The number of carboxylic acids is 1. The number of carbonyl (C=O) groups is 1. The maximum Gasteiger partial charge on any atom is 0.362 e. The Bertz CT molecular complexity index is 387. The highest BCUT2D eigenvalue weighted by Crippen LogP contribution is 2.07. The lowest BCUT2D eigenvalue weighted by atomic mass is 10.4. The molecule has 15 heavy (non-hydrogen) atoms. The van der Waals surface area contributed by atoms with Gasteiger partial charge in [-0.1, -0.05) is 5.16 Å². The van der Waals surface area contributed by atoms with Crippen molar-refractivity contribution in [1.29, 1.82) is 0 Å². The van der Waals surface area contributed by atoms with E-state index in [0.717, 1.165) is 11.5 Å². The Labute approximate surface area is 89.7 Å². The largest absolute Gasteiger partial charge is 0.476 e. The van der Waals surface area contributed by atoms with E-state index in [1.165, 1.54) is 0 Å². The van der Waals surface area contributed by atoms with Gasteiger partial charge in [0.1, 0.15) is 6.10 Å². The summed E-state index contributed by atoms with van der Waals surface area (Å²) in [5, 5.41) is 12.5. The van der Waals surface area contributed by atoms with E-state index in [-0.39, 0.29) is 22.8 Å². The van der Waals surface area contributed by atoms with Gasteiger partial charge in [-0.3, -0.25) is 0 Å². The third kappa shape index (κ3) is 3.17. The molecule has 0 aliphatic carbocycles. The first kappa shape index (κ1) is 11.4. The quantitative estimate of drug-likeness (QED) is 0.569. The van der Waals surface area contributed by atoms with Gasteiger partial charge in [0.25, 0.3) is 0 Å². The number of nitrogens with two attached hydrogens (primary N) is 1. The van der Waals surface area contributed by atoms with Crippen LogP contribution in [0.1, 0.15) is 19.7 Å². The third-order valence-corrected chi connectivity index (χ3v) is 1.75. The van der Waals surface area contributed by atoms with Crippen molar-refractivity contribution in [3.8, 4) is 0 Å². The van der Waals surface area contributed by atoms with Crippen LogP contribution in [0.2, 0.25) is 0 Å². The molecule has 1 rings (SSSR count). The monoisotopic (exact) mass is 230 g/mol. The van der Waals surface area contributed by atoms with Gasteiger partial charge in [-0.2, -0.15) is 9.36 Å². The molecule has 1 aromatic heterocycles. The number of nitrogen functional groups attached to an aromatic ring is 1. The Morgan fingerprint density at radius 1 is 1.67 bits per heavy atom. The highest BCUT2D eigenvalue weighted by Gasteiger charge is 2.19. The third-order valence-electron chi connectivity index (χ3n) is 1.21. The van der Waals surface area contributed by atoms with Crippen LogP contribution in [0.15, 0.2) is 5.16 Å². The lowest BCUT2D eigenvalue weighted by Crippen LogP contribution is -2.17. The highest BCUT2D eigenvalue weighted by atomic mass is 32.1. The molecule has 0 unspecified atom stereocenters. The van der Waals surface area contributed by atoms with Crippen LogP contribution < -0.4 is 5.73 Å². The Morgan fingerprint density at radius 2 is 2.33 bits per heavy atom. The highest BCUT2D eigenvalue weighted by molar-refractivity contribution is 7.09. The van der Waals surface area contributed by atoms with Gasteiger partial charge in [-0.25, -0.2) is 4.79 Å². The fourth-order valence-electron chi connectivity index (χ4n) is 0.665. The molecule has 0 saturated carbocycles. The van der Waals surface area contributed by atoms with E-state index >= 15 is 0 Å². The molecular weight excluding hydrogens is 220 g/mol. The number of nitrogens with zero attached hydrogens (tertiary/aromatic N) is 3. The molecule has 3 N–H and O–H groups in total. The van der Waals surface area contributed by atoms with Crippen molar-refractivity contribution in [3.05, 3.63) is 5.82 Å². The molecule has 0 spiro atoms. The van der Waals surface area contributed by atoms with Crippen molar-refractivity contribution >= 4 is 28.3 Å². The summed E-state index contributed by atoms with van der Waals surface area (Å²) in [5.41, 5.74) is 4.98. The minimum Gasteiger partial charge on any atom is -0.476 e. The van der Waals surface area contributed by atoms with Gasteiger partial charge in [-0.05, 0) is 13.8 Å². The first-order chi connectivity index (χ1) is 7.00. The molecule has 7 nitrogen and oxygen atoms in total. The molecular formula is C7H10N4O3S. The minimum absolute atomic E-state index is 0.0364. The second-order valence-electron chi connectivity index (χ2n) is 2.86. The average Bonchev–Trinajstić information content (AvgIpc) is 2.51. The molecule has 82 valence electrons. The van der Waals surface area contributed by atoms with E-state index in [0.29, 0.717) is 0 Å². The van der Waals surface area contributed by atoms with E-state index in [4.69, 9.17) is 15.7 Å². The molecule has 0 amide bonds. The molecule has 0 fully saturated rings. The standard InChI is InChI=1S/C7H10N4O3S/c1-3(2)14-10-4(6(12)13)5-9-7(8)15-11-5/h3H,1-2H3,(H,12,13)(H2,8,9,11). The Morgan fingerprint density at radius 3 is 2.73 bits per heavy atom. The molecule has 0 radical (unpaired) electrons. The average molecular weight is 230 g/mol. The van der Waals surface area contributed by atoms with Crippen molar-refractivity contribution in [2.75, 3.05) is 5.73 Å². The molecule has 8 heteroatoms. The fourth-order valence-corrected chi connectivity index (χ4v) is 1.10. The zero-order valence-corrected chi connectivity index (χ0v) is 8.98. The first-order valence-corrected chi connectivity index (χ1v) is 4.84. The van der Waals surface area contributed by atoms with E-state index < -0.39 is 5.97 Å². The van der Waals surface area contributed by atoms with Crippen LogP contribution in [-0.2, 0) is 9.63 Å². The van der Waals surface area contributed by atoms with E-state index in [9.17, 15) is 4.79 Å². The Hall–Kier alpha value is -1.70. The molecule has 1 aromatic rings. The van der Waals surface area contributed by atoms with Crippen LogP contribution >= 0.6 is 11.5 Å². The second kappa shape index (κ2) is 4.69. The van der Waals surface area contributed by atoms with Crippen LogP contribution in [0.25, 0.3) is 0 Å². The number of anilines is 1. The molecule has 1 heterocycles. The van der Waals surface area contributed by atoms with Gasteiger partial charge in [-0.15, -0.1) is 0 Å². The number of aromatic nitrogens is 2. The summed E-state index contributed by atoms with van der Waals surface area (Å²) in [6, 6.07) is 0. The summed E-state index contributed by atoms with van der Waals surface area (Å²) in [6.07, 6.45) is -0.213. The van der Waals surface area contributed by atoms with Crippen molar-refractivity contribution in [2.45, 2.75) is 20.0 Å². The topological polar surface area (TPSA) is 111 Å². The van der Waals surface area contributed by atoms with Gasteiger partial charge in [0.15, 0.2) is 5.13 Å². The van der Waals surface area contributed by atoms with Gasteiger partial charge in [0.05, 0.1) is 0 Å². The van der Waals surface area contributed by atoms with E-state index in [1.54, 1.807) is 13.8 Å². The minimum atomic E-state index is -1.26. The van der Waals surface area contributed by atoms with Gasteiger partial charge >= 0.3 is 5.97 Å². The lowest BCUT2D eigenvalue weighted by Gasteiger charge is -2.02. The van der Waals surface area contributed by atoms with Gasteiger partial charge in [0.2, 0.25) is 11.5 Å². The summed E-state index contributed by atoms with van der Waals surface area (Å²) in [4.78, 5) is 19.3. The normalized spacial score (nSPS) is 11.8. The summed E-state index contributed by atoms with van der Waals surface area (Å²) in [5.74, 6) is -1.29. The maximum atomic E-state index is 10.8. The molecule has 0 aliphatic rings. The van der Waals surface area contributed by atoms with Crippen LogP contribution in [-0.4, -0.2) is 32.2 Å². The molecule has 0 atom stereocenters. The lowest BCUT2D eigenvalue weighted by molar-refractivity contribution is -0.129. The number of carboxylic acid groups (broad SMARTS) is 1. The van der Waals surface area contributed by atoms with Crippen LogP contribution in [0.4, 0.5) is 5.13 Å². The summed E-state index contributed by atoms with van der Waals surface area (Å²) in [6.45, 7) is 3.46. The number of hydrogen-bond acceptors (Lipinski definition) is 7. The zero-order chi connectivity index (χ0) is 11.4. The maximum absolute atomic E-state index is 10.8. The van der Waals surface area contributed by atoms with Crippen molar-refractivity contribution in [3.63, 3.8) is 0 Å². The predicted molar refractivity (Wildman–Crippen MR) is 54.7 cm³/mol. The Kier molecular flexibility index (Phi) is 3.56. The number of rotatable bonds is 4. The van der Waals surface area contributed by atoms with Crippen molar-refractivity contribution < 1.29 is 14.7 Å². The molecule has 0 saturated heterocycles. The number of oxime groups is 1. The number of aliphatic carboxylic acids is 1. The molecule has 0 aromatic carbocycles. The van der Waals surface area contributed by atoms with Crippen molar-refractivity contribution in [2.24, 2.45) is 5.16 Å². The number of hydrogen-bond donors (Lipinski definition) is 2. The summed E-state index contributed by atoms with van der Waals surface area (Å²) >= 11 is 0.901. The zero-order valence-electron chi connectivity index (χ0n) is 8.17. The van der Waals surface area contributed by atoms with E-state index in [2.05, 4.69) is 14.5 Å². The Balaban J connectivity index is 2.93. The predicted octanol–water partition coefficient (Wildman–Crippen LogP) is 0.334. The smallest absolute Gasteiger partial charge is 0.362 e. The first-order valence-electron chi connectivity index (χ1n) is 4.07. The fraction of sp³-hybridized carbons (Fsp3) is 0.429. The van der Waals surface area contributed by atoms with Gasteiger partial charge < -0.3 is 15.7 Å². The molecule has 0 aliphatic heterocycles. The SMILES string of the molecule is CC(C)ON=C(C(=O)O)c1nsc(N)n1. The second-order valence-corrected chi connectivity index (χ2v) is 3.64. The molecule has 0 bridgehead atoms. The summed E-state index contributed by atoms with van der Waals surface area (Å²) in [7, 11) is 0. The summed E-state index contributed by atoms with van der Waals surface area (Å²) < 4.78 is 3.73. The van der Waals surface area contributed by atoms with Crippen LogP contribution in [0.5, 0.6) is 0 Å². The van der Waals surface area contributed by atoms with Crippen LogP contribution in [0, 0.1) is 0 Å². The van der Waals surface area contributed by atoms with E-state index in [1.807, 2.05) is 0 Å². The van der Waals surface area contributed by atoms with Crippen LogP contribution in [0.3, 0.4) is 0 Å². The van der Waals surface area contributed by atoms with Gasteiger partial charge in [0, 0.05) is 11.5 Å². The van der Waals surface area contributed by atoms with Crippen molar-refractivity contribution in [1.82, 2.24) is 9.36 Å².